The van der Waals surface area contributed by atoms with Gasteiger partial charge in [-0.3, -0.25) is 5.43 Å². The van der Waals surface area contributed by atoms with Gasteiger partial charge in [-0.25, -0.2) is 0 Å². The van der Waals surface area contributed by atoms with E-state index in [2.05, 4.69) is 45.1 Å². The highest BCUT2D eigenvalue weighted by Crippen LogP contribution is 2.54. The molecule has 0 aromatic heterocycles. The minimum absolute atomic E-state index is 0.237. The molecule has 0 fully saturated rings. The van der Waals surface area contributed by atoms with E-state index in [4.69, 9.17) is 18.0 Å². The van der Waals surface area contributed by atoms with Crippen molar-refractivity contribution in [2.24, 2.45) is 27.6 Å². The molecule has 1 atom stereocenters. The van der Waals surface area contributed by atoms with Crippen molar-refractivity contribution in [3.8, 4) is 0 Å². The average Bonchev–Trinajstić information content (AvgIpc) is 2.38. The van der Waals surface area contributed by atoms with Gasteiger partial charge in [-0.15, -0.1) is 0 Å². The van der Waals surface area contributed by atoms with Crippen LogP contribution in [0.4, 0.5) is 0 Å². The molecule has 0 aromatic rings. The predicted molar refractivity (Wildman–Crippen MR) is 98.8 cm³/mol. The fourth-order valence-corrected chi connectivity index (χ4v) is 4.23. The van der Waals surface area contributed by atoms with Crippen LogP contribution in [0.3, 0.4) is 0 Å². The van der Waals surface area contributed by atoms with Gasteiger partial charge in [0.25, 0.3) is 0 Å². The second kappa shape index (κ2) is 6.31. The number of rotatable bonds is 3. The third-order valence-corrected chi connectivity index (χ3v) is 5.74. The minimum atomic E-state index is 0.237. The summed E-state index contributed by atoms with van der Waals surface area (Å²) >= 11 is 4.82. The molecular weight excluding hydrogens is 290 g/mol. The molecule has 0 unspecified atom stereocenters. The Morgan fingerprint density at radius 3 is 2.68 bits per heavy atom. The summed E-state index contributed by atoms with van der Waals surface area (Å²) < 4.78 is 0. The fourth-order valence-electron chi connectivity index (χ4n) is 4.19. The van der Waals surface area contributed by atoms with Crippen LogP contribution in [0.15, 0.2) is 16.2 Å². The van der Waals surface area contributed by atoms with Gasteiger partial charge >= 0.3 is 0 Å². The Hall–Kier alpha value is -0.900. The zero-order chi connectivity index (χ0) is 16.5. The lowest BCUT2D eigenvalue weighted by atomic mass is 9.57. The van der Waals surface area contributed by atoms with Crippen LogP contribution >= 0.6 is 12.2 Å². The highest BCUT2D eigenvalue weighted by Gasteiger charge is 2.41. The number of allylic oxidation sites excluding steroid dienone is 2. The number of hydrazone groups is 1. The van der Waals surface area contributed by atoms with E-state index in [0.717, 1.165) is 12.1 Å². The van der Waals surface area contributed by atoms with Crippen LogP contribution in [0, 0.1) is 16.7 Å². The molecule has 22 heavy (non-hydrogen) atoms. The van der Waals surface area contributed by atoms with Crippen LogP contribution < -0.4 is 11.2 Å². The molecule has 2 aliphatic carbocycles. The maximum Gasteiger partial charge on any atom is 0.184 e. The smallest absolute Gasteiger partial charge is 0.184 e. The second-order valence-corrected chi connectivity index (χ2v) is 8.85. The van der Waals surface area contributed by atoms with Gasteiger partial charge in [0, 0.05) is 5.71 Å². The van der Waals surface area contributed by atoms with Gasteiger partial charge in [-0.2, -0.15) is 5.10 Å². The molecule has 0 spiro atoms. The number of thiocarbonyl (C=S) groups is 1. The van der Waals surface area contributed by atoms with Crippen molar-refractivity contribution in [1.29, 1.82) is 0 Å². The topological polar surface area (TPSA) is 50.4 Å². The molecule has 0 heterocycles. The Kier molecular flexibility index (Phi) is 5.00. The average molecular weight is 322 g/mol. The van der Waals surface area contributed by atoms with Crippen molar-refractivity contribution in [1.82, 2.24) is 5.43 Å². The normalized spacial score (nSPS) is 27.3. The Morgan fingerprint density at radius 2 is 2.05 bits per heavy atom. The Labute approximate surface area is 140 Å². The number of hydrogen-bond acceptors (Lipinski definition) is 2. The Bertz CT molecular complexity index is 514. The molecule has 0 radical (unpaired) electrons. The molecule has 0 bridgehead atoms. The van der Waals surface area contributed by atoms with Crippen LogP contribution in [-0.2, 0) is 0 Å². The monoisotopic (exact) mass is 321 g/mol. The SMILES string of the molecule is C/C(C[C@@H]1CC2=C(CC1(C)C)C(C)(C)CCC2)=N/NC(N)=S. The van der Waals surface area contributed by atoms with Crippen molar-refractivity contribution >= 4 is 23.0 Å². The van der Waals surface area contributed by atoms with E-state index in [1.807, 2.05) is 0 Å². The van der Waals surface area contributed by atoms with Crippen molar-refractivity contribution in [3.63, 3.8) is 0 Å². The molecule has 2 aliphatic rings. The third-order valence-electron chi connectivity index (χ3n) is 5.65. The van der Waals surface area contributed by atoms with Crippen molar-refractivity contribution in [2.45, 2.75) is 73.1 Å². The van der Waals surface area contributed by atoms with Gasteiger partial charge in [0.05, 0.1) is 0 Å². The van der Waals surface area contributed by atoms with Gasteiger partial charge in [0.2, 0.25) is 0 Å². The van der Waals surface area contributed by atoms with Crippen molar-refractivity contribution in [2.75, 3.05) is 0 Å². The molecule has 0 amide bonds. The van der Waals surface area contributed by atoms with E-state index in [1.165, 1.54) is 32.1 Å². The summed E-state index contributed by atoms with van der Waals surface area (Å²) in [5, 5.41) is 4.54. The van der Waals surface area contributed by atoms with E-state index in [1.54, 1.807) is 11.1 Å². The van der Waals surface area contributed by atoms with Gasteiger partial charge in [0.15, 0.2) is 5.11 Å². The lowest BCUT2D eigenvalue weighted by Crippen LogP contribution is -2.36. The van der Waals surface area contributed by atoms with Crippen LogP contribution in [0.2, 0.25) is 0 Å². The molecule has 2 rings (SSSR count). The van der Waals surface area contributed by atoms with Crippen LogP contribution in [0.1, 0.15) is 73.1 Å². The maximum atomic E-state index is 5.45. The zero-order valence-corrected chi connectivity index (χ0v) is 15.6. The van der Waals surface area contributed by atoms with Gasteiger partial charge in [-0.1, -0.05) is 38.8 Å². The van der Waals surface area contributed by atoms with Crippen LogP contribution in [0.5, 0.6) is 0 Å². The van der Waals surface area contributed by atoms with Crippen LogP contribution in [0.25, 0.3) is 0 Å². The van der Waals surface area contributed by atoms with E-state index in [9.17, 15) is 0 Å². The summed E-state index contributed by atoms with van der Waals surface area (Å²) in [4.78, 5) is 0. The summed E-state index contributed by atoms with van der Waals surface area (Å²) in [5.74, 6) is 0.650. The Balaban J connectivity index is 2.16. The third kappa shape index (κ3) is 3.89. The first kappa shape index (κ1) is 17.5. The molecule has 0 aromatic carbocycles. The summed E-state index contributed by atoms with van der Waals surface area (Å²) in [6, 6.07) is 0. The fraction of sp³-hybridized carbons (Fsp3) is 0.778. The second-order valence-electron chi connectivity index (χ2n) is 8.41. The summed E-state index contributed by atoms with van der Waals surface area (Å²) in [6.45, 7) is 11.8. The van der Waals surface area contributed by atoms with Crippen molar-refractivity contribution in [3.05, 3.63) is 11.1 Å². The lowest BCUT2D eigenvalue weighted by molar-refractivity contribution is 0.166. The van der Waals surface area contributed by atoms with E-state index < -0.39 is 0 Å². The van der Waals surface area contributed by atoms with E-state index in [0.29, 0.717) is 16.7 Å². The van der Waals surface area contributed by atoms with Crippen molar-refractivity contribution < 1.29 is 0 Å². The first-order valence-electron chi connectivity index (χ1n) is 8.42. The highest BCUT2D eigenvalue weighted by molar-refractivity contribution is 7.80. The van der Waals surface area contributed by atoms with Gasteiger partial charge in [0.1, 0.15) is 0 Å². The molecular formula is C18H31N3S. The lowest BCUT2D eigenvalue weighted by Gasteiger charge is -2.47. The predicted octanol–water partition coefficient (Wildman–Crippen LogP) is 4.53. The molecule has 0 saturated heterocycles. The Morgan fingerprint density at radius 1 is 1.36 bits per heavy atom. The standard InChI is InChI=1S/C18H31N3S/c1-12(20-21-16(19)22)9-14-10-13-7-6-8-17(2,3)15(13)11-18(14,4)5/h14H,6-11H2,1-5H3,(H3,19,21,22)/b20-12-/t14-/m1/s1. The number of nitrogens with zero attached hydrogens (tertiary/aromatic N) is 1. The largest absolute Gasteiger partial charge is 0.375 e. The van der Waals surface area contributed by atoms with Gasteiger partial charge in [-0.05, 0) is 74.4 Å². The first-order valence-corrected chi connectivity index (χ1v) is 8.82. The summed E-state index contributed by atoms with van der Waals surface area (Å²) in [6.07, 6.45) is 7.45. The molecule has 124 valence electrons. The van der Waals surface area contributed by atoms with Gasteiger partial charge < -0.3 is 5.73 Å². The highest BCUT2D eigenvalue weighted by atomic mass is 32.1. The molecule has 3 nitrogen and oxygen atoms in total. The molecule has 0 saturated carbocycles. The zero-order valence-electron chi connectivity index (χ0n) is 14.8. The number of nitrogens with two attached hydrogens (primary N) is 1. The van der Waals surface area contributed by atoms with E-state index in [-0.39, 0.29) is 5.11 Å². The first-order chi connectivity index (χ1) is 10.1. The minimum Gasteiger partial charge on any atom is -0.375 e. The van der Waals surface area contributed by atoms with Crippen LogP contribution in [-0.4, -0.2) is 10.8 Å². The number of nitrogens with one attached hydrogen (secondary N) is 1. The number of hydrogen-bond donors (Lipinski definition) is 2. The maximum absolute atomic E-state index is 5.45. The van der Waals surface area contributed by atoms with E-state index >= 15 is 0 Å². The summed E-state index contributed by atoms with van der Waals surface area (Å²) in [7, 11) is 0. The summed E-state index contributed by atoms with van der Waals surface area (Å²) in [5.41, 5.74) is 13.5. The quantitative estimate of drug-likeness (QED) is 0.347. The molecule has 4 heteroatoms. The molecule has 0 aliphatic heterocycles. The molecule has 3 N–H and O–H groups in total.